The molecule has 3 rings (SSSR count). The number of carbonyl (C=O) groups excluding carboxylic acids is 2. The van der Waals surface area contributed by atoms with Gasteiger partial charge in [-0.05, 0) is 58.1 Å². The molecule has 1 aliphatic heterocycles. The number of carboxylic acid groups (broad SMARTS) is 1. The number of hydrogen-bond donors (Lipinski definition) is 2. The number of imidazole rings is 1. The lowest BCUT2D eigenvalue weighted by molar-refractivity contribution is -0.128. The molecular weight excluding hydrogens is 505 g/mol. The number of unbranched alkanes of at least 4 members (excludes halogenated alkanes) is 1. The maximum Gasteiger partial charge on any atom is 0.407 e. The second kappa shape index (κ2) is 12.8. The van der Waals surface area contributed by atoms with Gasteiger partial charge in [0.25, 0.3) is 5.91 Å². The Kier molecular flexibility index (Phi) is 9.93. The van der Waals surface area contributed by atoms with Gasteiger partial charge in [0.15, 0.2) is 5.82 Å². The molecule has 2 atom stereocenters. The van der Waals surface area contributed by atoms with Crippen LogP contribution in [0.5, 0.6) is 0 Å². The third-order valence-electron chi connectivity index (χ3n) is 6.71. The van der Waals surface area contributed by atoms with Crippen molar-refractivity contribution in [1.82, 2.24) is 24.7 Å². The van der Waals surface area contributed by atoms with Crippen molar-refractivity contribution in [3.8, 4) is 0 Å². The molecule has 0 spiro atoms. The smallest absolute Gasteiger partial charge is 0.407 e. The number of likely N-dealkylation sites (tertiary alicyclic amines) is 1. The third kappa shape index (κ3) is 7.90. The number of benzene rings is 1. The Morgan fingerprint density at radius 3 is 2.56 bits per heavy atom. The number of nitrogens with zero attached hydrogens (tertiary/aromatic N) is 4. The number of fused-ring (bicyclic) bond motifs is 1. The van der Waals surface area contributed by atoms with E-state index in [9.17, 15) is 23.9 Å². The van der Waals surface area contributed by atoms with Crippen LogP contribution in [0.2, 0.25) is 0 Å². The number of rotatable bonds is 10. The molecule has 0 bridgehead atoms. The highest BCUT2D eigenvalue weighted by molar-refractivity contribution is 5.95. The number of methoxy groups -OCH3 is 1. The van der Waals surface area contributed by atoms with E-state index in [1.54, 1.807) is 18.1 Å². The highest BCUT2D eigenvalue weighted by Gasteiger charge is 2.40. The molecule has 216 valence electrons. The molecule has 2 N–H and O–H groups in total. The van der Waals surface area contributed by atoms with Crippen molar-refractivity contribution in [2.75, 3.05) is 33.4 Å². The summed E-state index contributed by atoms with van der Waals surface area (Å²) in [7, 11) is 1.63. The standard InChI is InChI=1S/C28H42FN5O5/c1-18(2)15-34(21-13-19(16-32(17-21)27(37)38)25(35)31-28(3,4)5)26(36)24-30-22-14-20(29)9-10-23(22)33(24)11-7-8-12-39-6/h9-10,14,18-19,21H,7-8,11-13,15-17H2,1-6H3,(H,31,35)(H,37,38)/t19-,21+/m1/s1. The van der Waals surface area contributed by atoms with E-state index in [1.165, 1.54) is 17.0 Å². The number of nitrogens with one attached hydrogen (secondary N) is 1. The first kappa shape index (κ1) is 30.3. The largest absolute Gasteiger partial charge is 0.465 e. The minimum absolute atomic E-state index is 0.0642. The Morgan fingerprint density at radius 1 is 1.23 bits per heavy atom. The number of halogens is 1. The Bertz CT molecular complexity index is 1180. The maximum absolute atomic E-state index is 14.2. The normalized spacial score (nSPS) is 18.0. The molecule has 1 aromatic heterocycles. The minimum atomic E-state index is -1.13. The summed E-state index contributed by atoms with van der Waals surface area (Å²) >= 11 is 0. The molecular formula is C28H42FN5O5. The Morgan fingerprint density at radius 2 is 1.95 bits per heavy atom. The van der Waals surface area contributed by atoms with Crippen LogP contribution in [0, 0.1) is 17.7 Å². The molecule has 0 radical (unpaired) electrons. The lowest BCUT2D eigenvalue weighted by atomic mass is 9.91. The number of amides is 3. The lowest BCUT2D eigenvalue weighted by Gasteiger charge is -2.42. The molecule has 1 saturated heterocycles. The molecule has 0 unspecified atom stereocenters. The second-order valence-corrected chi connectivity index (χ2v) is 11.8. The fourth-order valence-electron chi connectivity index (χ4n) is 5.04. The maximum atomic E-state index is 14.2. The summed E-state index contributed by atoms with van der Waals surface area (Å²) < 4.78 is 21.0. The van der Waals surface area contributed by atoms with Crippen molar-refractivity contribution in [3.05, 3.63) is 29.8 Å². The van der Waals surface area contributed by atoms with Gasteiger partial charge >= 0.3 is 6.09 Å². The summed E-state index contributed by atoms with van der Waals surface area (Å²) in [6.45, 7) is 11.1. The highest BCUT2D eigenvalue weighted by Crippen LogP contribution is 2.26. The monoisotopic (exact) mass is 547 g/mol. The first-order valence-electron chi connectivity index (χ1n) is 13.6. The van der Waals surface area contributed by atoms with Gasteiger partial charge in [-0.1, -0.05) is 13.8 Å². The van der Waals surface area contributed by atoms with Gasteiger partial charge in [-0.25, -0.2) is 14.2 Å². The van der Waals surface area contributed by atoms with Crippen LogP contribution in [-0.4, -0.2) is 87.3 Å². The number of aromatic nitrogens is 2. The van der Waals surface area contributed by atoms with Gasteiger partial charge in [0.2, 0.25) is 5.91 Å². The quantitative estimate of drug-likeness (QED) is 0.435. The number of hydrogen-bond acceptors (Lipinski definition) is 5. The molecule has 2 heterocycles. The number of ether oxygens (including phenoxy) is 1. The summed E-state index contributed by atoms with van der Waals surface area (Å²) in [6, 6.07) is 3.75. The average molecular weight is 548 g/mol. The van der Waals surface area contributed by atoms with Crippen molar-refractivity contribution in [2.24, 2.45) is 11.8 Å². The molecule has 1 aromatic carbocycles. The zero-order valence-electron chi connectivity index (χ0n) is 23.9. The van der Waals surface area contributed by atoms with E-state index < -0.39 is 29.4 Å². The van der Waals surface area contributed by atoms with Crippen molar-refractivity contribution < 1.29 is 28.6 Å². The fraction of sp³-hybridized carbons (Fsp3) is 0.643. The first-order valence-corrected chi connectivity index (χ1v) is 13.6. The van der Waals surface area contributed by atoms with E-state index in [-0.39, 0.29) is 36.6 Å². The van der Waals surface area contributed by atoms with E-state index in [4.69, 9.17) is 4.74 Å². The van der Waals surface area contributed by atoms with Gasteiger partial charge in [0.05, 0.1) is 23.0 Å². The van der Waals surface area contributed by atoms with E-state index >= 15 is 0 Å². The van der Waals surface area contributed by atoms with Crippen LogP contribution in [0.1, 0.15) is 64.5 Å². The zero-order valence-corrected chi connectivity index (χ0v) is 23.9. The van der Waals surface area contributed by atoms with E-state index in [0.29, 0.717) is 37.2 Å². The minimum Gasteiger partial charge on any atom is -0.465 e. The molecule has 39 heavy (non-hydrogen) atoms. The predicted molar refractivity (Wildman–Crippen MR) is 146 cm³/mol. The fourth-order valence-corrected chi connectivity index (χ4v) is 5.04. The van der Waals surface area contributed by atoms with Crippen LogP contribution in [0.25, 0.3) is 11.0 Å². The summed E-state index contributed by atoms with van der Waals surface area (Å²) in [5.41, 5.74) is 0.557. The van der Waals surface area contributed by atoms with Gasteiger partial charge in [-0.2, -0.15) is 0 Å². The van der Waals surface area contributed by atoms with Crippen LogP contribution < -0.4 is 5.32 Å². The zero-order chi connectivity index (χ0) is 28.9. The van der Waals surface area contributed by atoms with Gasteiger partial charge in [0.1, 0.15) is 5.82 Å². The molecule has 1 fully saturated rings. The van der Waals surface area contributed by atoms with Crippen LogP contribution in [-0.2, 0) is 16.1 Å². The second-order valence-electron chi connectivity index (χ2n) is 11.8. The Hall–Kier alpha value is -3.21. The molecule has 0 saturated carbocycles. The summed E-state index contributed by atoms with van der Waals surface area (Å²) in [4.78, 5) is 46.7. The SMILES string of the molecule is COCCCCn1c(C(=O)N(CC(C)C)[C@H]2C[C@@H](C(=O)NC(C)(C)C)CN(C(=O)O)C2)nc2cc(F)ccc21. The Balaban J connectivity index is 2.00. The van der Waals surface area contributed by atoms with Crippen molar-refractivity contribution in [1.29, 1.82) is 0 Å². The van der Waals surface area contributed by atoms with Gasteiger partial charge in [-0.15, -0.1) is 0 Å². The summed E-state index contributed by atoms with van der Waals surface area (Å²) in [5, 5.41) is 12.8. The predicted octanol–water partition coefficient (Wildman–Crippen LogP) is 3.98. The number of carbonyl (C=O) groups is 3. The van der Waals surface area contributed by atoms with Crippen molar-refractivity contribution in [2.45, 2.75) is 72.0 Å². The molecule has 2 aromatic rings. The van der Waals surface area contributed by atoms with E-state index in [1.807, 2.05) is 39.2 Å². The first-order chi connectivity index (χ1) is 18.3. The summed E-state index contributed by atoms with van der Waals surface area (Å²) in [5.74, 6) is -1.40. The van der Waals surface area contributed by atoms with Gasteiger partial charge in [-0.3, -0.25) is 9.59 Å². The number of piperidine rings is 1. The number of aryl methyl sites for hydroxylation is 1. The highest BCUT2D eigenvalue weighted by atomic mass is 19.1. The molecule has 3 amide bonds. The van der Waals surface area contributed by atoms with E-state index in [2.05, 4.69) is 10.3 Å². The lowest BCUT2D eigenvalue weighted by Crippen LogP contribution is -2.58. The topological polar surface area (TPSA) is 117 Å². The summed E-state index contributed by atoms with van der Waals surface area (Å²) in [6.07, 6.45) is 0.701. The van der Waals surface area contributed by atoms with Crippen LogP contribution in [0.4, 0.5) is 9.18 Å². The molecule has 1 aliphatic rings. The molecule has 0 aliphatic carbocycles. The van der Waals surface area contributed by atoms with Crippen LogP contribution in [0.3, 0.4) is 0 Å². The molecule has 10 nitrogen and oxygen atoms in total. The molecule has 11 heteroatoms. The van der Waals surface area contributed by atoms with Gasteiger partial charge < -0.3 is 29.5 Å². The van der Waals surface area contributed by atoms with Crippen molar-refractivity contribution in [3.63, 3.8) is 0 Å². The van der Waals surface area contributed by atoms with E-state index in [0.717, 1.165) is 12.8 Å². The third-order valence-corrected chi connectivity index (χ3v) is 6.71. The van der Waals surface area contributed by atoms with Crippen molar-refractivity contribution >= 4 is 28.9 Å². The van der Waals surface area contributed by atoms with Crippen LogP contribution >= 0.6 is 0 Å². The van der Waals surface area contributed by atoms with Crippen LogP contribution in [0.15, 0.2) is 18.2 Å². The van der Waals surface area contributed by atoms with Gasteiger partial charge in [0, 0.05) is 51.5 Å². The Labute approximate surface area is 229 Å². The average Bonchev–Trinajstić information content (AvgIpc) is 3.20.